The van der Waals surface area contributed by atoms with Gasteiger partial charge in [0.1, 0.15) is 18.1 Å². The molecule has 4 aromatic carbocycles. The maximum atomic E-state index is 13.3. The second kappa shape index (κ2) is 13.6. The molecule has 9 nitrogen and oxygen atoms in total. The van der Waals surface area contributed by atoms with E-state index in [0.29, 0.717) is 22.0 Å². The van der Waals surface area contributed by atoms with E-state index in [1.54, 1.807) is 60.7 Å². The average Bonchev–Trinajstić information content (AvgIpc) is 2.97. The number of sulfonamides is 1. The van der Waals surface area contributed by atoms with E-state index in [-0.39, 0.29) is 17.2 Å². The molecule has 0 aliphatic heterocycles. The first-order chi connectivity index (χ1) is 19.7. The lowest BCUT2D eigenvalue weighted by atomic mass is 10.2. The number of nitrogens with zero attached hydrogens (tertiary/aromatic N) is 2. The molecule has 4 rings (SSSR count). The van der Waals surface area contributed by atoms with Crippen molar-refractivity contribution in [1.82, 2.24) is 5.43 Å². The summed E-state index contributed by atoms with van der Waals surface area (Å²) in [5.41, 5.74) is 3.61. The van der Waals surface area contributed by atoms with Crippen LogP contribution in [0.25, 0.3) is 0 Å². The minimum atomic E-state index is -4.07. The van der Waals surface area contributed by atoms with Gasteiger partial charge >= 0.3 is 0 Å². The number of carbonyl (C=O) groups excluding carboxylic acids is 2. The van der Waals surface area contributed by atoms with E-state index in [0.717, 1.165) is 4.31 Å². The third-order valence-corrected chi connectivity index (χ3v) is 7.52. The van der Waals surface area contributed by atoms with E-state index in [9.17, 15) is 22.4 Å². The molecular weight excluding hydrogens is 571 g/mol. The third-order valence-electron chi connectivity index (χ3n) is 5.50. The van der Waals surface area contributed by atoms with Crippen LogP contribution in [0.5, 0.6) is 5.75 Å². The molecule has 0 saturated heterocycles. The topological polar surface area (TPSA) is 117 Å². The van der Waals surface area contributed by atoms with Crippen molar-refractivity contribution in [3.8, 4) is 5.75 Å². The normalized spacial score (nSPS) is 11.2. The molecule has 0 spiro atoms. The molecular formula is C29H24ClFN4O5S. The highest BCUT2D eigenvalue weighted by Crippen LogP contribution is 2.26. The summed E-state index contributed by atoms with van der Waals surface area (Å²) in [5, 5.41) is 6.82. The lowest BCUT2D eigenvalue weighted by Crippen LogP contribution is -2.39. The van der Waals surface area contributed by atoms with Crippen molar-refractivity contribution in [3.63, 3.8) is 0 Å². The van der Waals surface area contributed by atoms with Crippen LogP contribution in [0.2, 0.25) is 5.02 Å². The van der Waals surface area contributed by atoms with Crippen LogP contribution in [0.15, 0.2) is 113 Å². The molecule has 210 valence electrons. The summed E-state index contributed by atoms with van der Waals surface area (Å²) in [4.78, 5) is 24.7. The quantitative estimate of drug-likeness (QED) is 0.190. The lowest BCUT2D eigenvalue weighted by molar-refractivity contribution is -0.119. The van der Waals surface area contributed by atoms with Crippen LogP contribution in [0, 0.1) is 5.82 Å². The highest BCUT2D eigenvalue weighted by atomic mass is 35.5. The SMILES string of the molecule is O=C(CN(c1cccc(Cl)c1)S(=O)(=O)c1ccccc1)N/N=C\c1ccc(OCC(=O)Nc2ccc(F)cc2)cc1. The number of hydrazone groups is 1. The highest BCUT2D eigenvalue weighted by molar-refractivity contribution is 7.92. The predicted molar refractivity (Wildman–Crippen MR) is 155 cm³/mol. The van der Waals surface area contributed by atoms with Gasteiger partial charge in [-0.15, -0.1) is 0 Å². The largest absolute Gasteiger partial charge is 0.484 e. The molecule has 0 aliphatic rings. The predicted octanol–water partition coefficient (Wildman–Crippen LogP) is 4.84. The van der Waals surface area contributed by atoms with Crippen LogP contribution >= 0.6 is 11.6 Å². The van der Waals surface area contributed by atoms with E-state index in [1.807, 2.05) is 0 Å². The van der Waals surface area contributed by atoms with Crippen LogP contribution in [0.4, 0.5) is 15.8 Å². The number of carbonyl (C=O) groups is 2. The second-order valence-corrected chi connectivity index (χ2v) is 10.8. The number of hydrogen-bond acceptors (Lipinski definition) is 6. The smallest absolute Gasteiger partial charge is 0.264 e. The Hall–Kier alpha value is -4.74. The molecule has 0 bridgehead atoms. The number of halogens is 2. The van der Waals surface area contributed by atoms with E-state index < -0.39 is 34.2 Å². The number of rotatable bonds is 11. The third kappa shape index (κ3) is 8.37. The fourth-order valence-electron chi connectivity index (χ4n) is 3.54. The molecule has 0 unspecified atom stereocenters. The number of benzene rings is 4. The lowest BCUT2D eigenvalue weighted by Gasteiger charge is -2.23. The number of hydrogen-bond donors (Lipinski definition) is 2. The van der Waals surface area contributed by atoms with E-state index >= 15 is 0 Å². The van der Waals surface area contributed by atoms with Gasteiger partial charge in [-0.2, -0.15) is 5.10 Å². The summed E-state index contributed by atoms with van der Waals surface area (Å²) in [6, 6.07) is 25.8. The maximum Gasteiger partial charge on any atom is 0.264 e. The molecule has 4 aromatic rings. The fourth-order valence-corrected chi connectivity index (χ4v) is 5.16. The molecule has 2 amide bonds. The van der Waals surface area contributed by atoms with Gasteiger partial charge in [-0.1, -0.05) is 35.9 Å². The van der Waals surface area contributed by atoms with Crippen LogP contribution in [-0.2, 0) is 19.6 Å². The Morgan fingerprint density at radius 2 is 1.61 bits per heavy atom. The minimum Gasteiger partial charge on any atom is -0.484 e. The molecule has 0 radical (unpaired) electrons. The Bertz CT molecular complexity index is 1630. The van der Waals surface area contributed by atoms with Gasteiger partial charge < -0.3 is 10.1 Å². The van der Waals surface area contributed by atoms with Crippen molar-refractivity contribution in [3.05, 3.63) is 120 Å². The summed E-state index contributed by atoms with van der Waals surface area (Å²) in [5.74, 6) is -1.07. The second-order valence-electron chi connectivity index (χ2n) is 8.51. The first kappa shape index (κ1) is 29.2. The Labute approximate surface area is 241 Å². The molecule has 41 heavy (non-hydrogen) atoms. The van der Waals surface area contributed by atoms with Gasteiger partial charge in [-0.3, -0.25) is 13.9 Å². The van der Waals surface area contributed by atoms with E-state index in [2.05, 4.69) is 15.8 Å². The van der Waals surface area contributed by atoms with Gasteiger partial charge in [-0.05, 0) is 84.4 Å². The van der Waals surface area contributed by atoms with Crippen molar-refractivity contribution in [2.75, 3.05) is 22.8 Å². The minimum absolute atomic E-state index is 0.0199. The molecule has 0 aromatic heterocycles. The van der Waals surface area contributed by atoms with Gasteiger partial charge in [-0.25, -0.2) is 18.2 Å². The standard InChI is InChI=1S/C29H24ClFN4O5S/c30-22-5-4-6-25(17-22)35(41(38,39)27-7-2-1-3-8-27)19-28(36)34-32-18-21-9-15-26(16-10-21)40-20-29(37)33-24-13-11-23(31)12-14-24/h1-18H,19-20H2,(H,33,37)(H,34,36)/b32-18-. The molecule has 0 aliphatic carbocycles. The van der Waals surface area contributed by atoms with Crippen molar-refractivity contribution >= 4 is 51.0 Å². The van der Waals surface area contributed by atoms with Crippen LogP contribution in [0.1, 0.15) is 5.56 Å². The van der Waals surface area contributed by atoms with Crippen molar-refractivity contribution in [1.29, 1.82) is 0 Å². The first-order valence-electron chi connectivity index (χ1n) is 12.1. The van der Waals surface area contributed by atoms with Gasteiger partial charge in [0.05, 0.1) is 16.8 Å². The zero-order chi connectivity index (χ0) is 29.2. The van der Waals surface area contributed by atoms with E-state index in [4.69, 9.17) is 16.3 Å². The zero-order valence-corrected chi connectivity index (χ0v) is 23.0. The van der Waals surface area contributed by atoms with Crippen molar-refractivity contribution in [2.24, 2.45) is 5.10 Å². The fraction of sp³-hybridized carbons (Fsp3) is 0.0690. The molecule has 0 heterocycles. The number of amides is 2. The molecule has 2 N–H and O–H groups in total. The Balaban J connectivity index is 1.33. The Morgan fingerprint density at radius 1 is 0.902 bits per heavy atom. The van der Waals surface area contributed by atoms with Gasteiger partial charge in [0.25, 0.3) is 21.8 Å². The van der Waals surface area contributed by atoms with Crippen molar-refractivity contribution < 1.29 is 27.1 Å². The summed E-state index contributed by atoms with van der Waals surface area (Å²) in [6.45, 7) is -0.794. The first-order valence-corrected chi connectivity index (χ1v) is 14.0. The molecule has 0 atom stereocenters. The van der Waals surface area contributed by atoms with E-state index in [1.165, 1.54) is 48.7 Å². The Kier molecular flexibility index (Phi) is 9.67. The van der Waals surface area contributed by atoms with Crippen LogP contribution < -0.4 is 19.8 Å². The maximum absolute atomic E-state index is 13.3. The van der Waals surface area contributed by atoms with Crippen LogP contribution in [0.3, 0.4) is 0 Å². The summed E-state index contributed by atoms with van der Waals surface area (Å²) >= 11 is 6.07. The molecule has 0 saturated carbocycles. The van der Waals surface area contributed by atoms with Gasteiger partial charge in [0.15, 0.2) is 6.61 Å². The number of anilines is 2. The van der Waals surface area contributed by atoms with Crippen molar-refractivity contribution in [2.45, 2.75) is 4.90 Å². The average molecular weight is 595 g/mol. The highest BCUT2D eigenvalue weighted by Gasteiger charge is 2.27. The van der Waals surface area contributed by atoms with Gasteiger partial charge in [0, 0.05) is 10.7 Å². The Morgan fingerprint density at radius 3 is 2.29 bits per heavy atom. The monoisotopic (exact) mass is 594 g/mol. The number of ether oxygens (including phenoxy) is 1. The van der Waals surface area contributed by atoms with Gasteiger partial charge in [0.2, 0.25) is 0 Å². The summed E-state index contributed by atoms with van der Waals surface area (Å²) in [7, 11) is -4.07. The molecule has 12 heteroatoms. The number of nitrogens with one attached hydrogen (secondary N) is 2. The zero-order valence-electron chi connectivity index (χ0n) is 21.4. The summed E-state index contributed by atoms with van der Waals surface area (Å²) in [6.07, 6.45) is 1.37. The van der Waals surface area contributed by atoms with Crippen LogP contribution in [-0.4, -0.2) is 39.6 Å². The summed E-state index contributed by atoms with van der Waals surface area (Å²) < 4.78 is 46.0. The molecule has 0 fully saturated rings.